The summed E-state index contributed by atoms with van der Waals surface area (Å²) in [5, 5.41) is 12.1. The maximum atomic E-state index is 13.1. The number of fused-ring (bicyclic) bond motifs is 1. The minimum atomic E-state index is -0.823. The van der Waals surface area contributed by atoms with Crippen LogP contribution in [0.4, 0.5) is 0 Å². The van der Waals surface area contributed by atoms with Gasteiger partial charge in [0.15, 0.2) is 10.7 Å². The number of Topliss-reactive ketones (excluding diaryl/α,β-unsaturated/α-hetero) is 1. The van der Waals surface area contributed by atoms with E-state index in [1.54, 1.807) is 48.3 Å². The fraction of sp³-hybridized carbons (Fsp3) is 0.211. The second-order valence-corrected chi connectivity index (χ2v) is 7.88. The predicted octanol–water partition coefficient (Wildman–Crippen LogP) is 3.46. The molecule has 0 amide bonds. The molecule has 2 atom stereocenters. The van der Waals surface area contributed by atoms with Crippen LogP contribution in [-0.2, 0) is 6.42 Å². The van der Waals surface area contributed by atoms with Gasteiger partial charge in [0.25, 0.3) is 11.5 Å². The molecule has 138 valence electrons. The lowest BCUT2D eigenvalue weighted by atomic mass is 9.96. The first-order chi connectivity index (χ1) is 13.1. The number of rotatable bonds is 4. The highest BCUT2D eigenvalue weighted by Crippen LogP contribution is 2.34. The molecule has 0 spiro atoms. The van der Waals surface area contributed by atoms with Crippen molar-refractivity contribution in [1.29, 1.82) is 0 Å². The average molecular weight is 403 g/mol. The Hall–Kier alpha value is -2.32. The molecular formula is C19H17ClN3O3S+. The molecule has 4 rings (SSSR count). The monoisotopic (exact) mass is 402 g/mol. The fourth-order valence-electron chi connectivity index (χ4n) is 3.35. The Bertz CT molecular complexity index is 994. The molecule has 1 aromatic carbocycles. The number of methoxy groups -OCH3 is 1. The van der Waals surface area contributed by atoms with E-state index < -0.39 is 12.2 Å². The molecule has 0 saturated carbocycles. The molecule has 3 aromatic rings. The second kappa shape index (κ2) is 7.36. The van der Waals surface area contributed by atoms with Gasteiger partial charge in [0, 0.05) is 23.2 Å². The lowest BCUT2D eigenvalue weighted by Crippen LogP contribution is -2.59. The summed E-state index contributed by atoms with van der Waals surface area (Å²) in [6.07, 6.45) is 3.50. The van der Waals surface area contributed by atoms with Crippen molar-refractivity contribution in [3.63, 3.8) is 0 Å². The minimum Gasteiger partial charge on any atom is -0.497 e. The van der Waals surface area contributed by atoms with Crippen LogP contribution in [0.1, 0.15) is 33.1 Å². The molecule has 0 radical (unpaired) electrons. The maximum Gasteiger partial charge on any atom is 0.252 e. The van der Waals surface area contributed by atoms with Crippen LogP contribution in [0.3, 0.4) is 0 Å². The standard InChI is InChI=1S/C19H17ClN3O3S/c1-26-13-6-4-5-12(9-13)17-18(24)15-7-2-3-8-22(15)16(23(17)25)10-14-11-21-19(20)27-14/h2-9,11,16-17,25H,10H2,1H3/q+1. The van der Waals surface area contributed by atoms with Crippen molar-refractivity contribution in [1.82, 2.24) is 10.0 Å². The molecule has 1 aliphatic heterocycles. The van der Waals surface area contributed by atoms with Crippen molar-refractivity contribution in [2.45, 2.75) is 18.6 Å². The van der Waals surface area contributed by atoms with Gasteiger partial charge in [-0.05, 0) is 23.8 Å². The van der Waals surface area contributed by atoms with E-state index in [-0.39, 0.29) is 5.78 Å². The topological polar surface area (TPSA) is 66.5 Å². The molecule has 27 heavy (non-hydrogen) atoms. The number of aromatic nitrogens is 2. The Balaban J connectivity index is 1.78. The van der Waals surface area contributed by atoms with Crippen molar-refractivity contribution in [2.24, 2.45) is 0 Å². The summed E-state index contributed by atoms with van der Waals surface area (Å²) in [7, 11) is 1.57. The first kappa shape index (κ1) is 18.1. The van der Waals surface area contributed by atoms with Gasteiger partial charge in [-0.15, -0.1) is 16.4 Å². The van der Waals surface area contributed by atoms with E-state index in [0.717, 1.165) is 9.94 Å². The third-order valence-corrected chi connectivity index (χ3v) is 5.74. The summed E-state index contributed by atoms with van der Waals surface area (Å²) < 4.78 is 7.51. The van der Waals surface area contributed by atoms with Gasteiger partial charge in [-0.2, -0.15) is 4.57 Å². The van der Waals surface area contributed by atoms with Crippen LogP contribution in [-0.4, -0.2) is 28.1 Å². The van der Waals surface area contributed by atoms with E-state index in [0.29, 0.717) is 27.9 Å². The number of hydroxylamine groups is 2. The summed E-state index contributed by atoms with van der Waals surface area (Å²) in [5.74, 6) is 0.455. The summed E-state index contributed by atoms with van der Waals surface area (Å²) in [6.45, 7) is 0. The number of benzene rings is 1. The van der Waals surface area contributed by atoms with Crippen LogP contribution < -0.4 is 9.30 Å². The number of nitrogens with zero attached hydrogens (tertiary/aromatic N) is 3. The largest absolute Gasteiger partial charge is 0.497 e. The zero-order valence-electron chi connectivity index (χ0n) is 14.4. The van der Waals surface area contributed by atoms with Gasteiger partial charge in [0.2, 0.25) is 6.17 Å². The van der Waals surface area contributed by atoms with E-state index in [2.05, 4.69) is 4.98 Å². The van der Waals surface area contributed by atoms with Gasteiger partial charge < -0.3 is 9.94 Å². The number of thiazole rings is 1. The highest BCUT2D eigenvalue weighted by atomic mass is 35.5. The Morgan fingerprint density at radius 3 is 2.93 bits per heavy atom. The van der Waals surface area contributed by atoms with Crippen LogP contribution in [0.25, 0.3) is 0 Å². The van der Waals surface area contributed by atoms with Crippen molar-refractivity contribution in [3.05, 3.63) is 75.5 Å². The minimum absolute atomic E-state index is 0.176. The molecule has 1 aliphatic rings. The lowest BCUT2D eigenvalue weighted by molar-refractivity contribution is -0.764. The molecule has 0 bridgehead atoms. The number of carbonyl (C=O) groups excluding carboxylic acids is 1. The zero-order valence-corrected chi connectivity index (χ0v) is 16.0. The Kier molecular flexibility index (Phi) is 4.92. The quantitative estimate of drug-likeness (QED) is 0.677. The van der Waals surface area contributed by atoms with E-state index >= 15 is 0 Å². The average Bonchev–Trinajstić information content (AvgIpc) is 3.10. The van der Waals surface area contributed by atoms with Crippen molar-refractivity contribution in [2.75, 3.05) is 7.11 Å². The summed E-state index contributed by atoms with van der Waals surface area (Å²) >= 11 is 7.31. The molecule has 0 saturated heterocycles. The molecule has 2 unspecified atom stereocenters. The predicted molar refractivity (Wildman–Crippen MR) is 100 cm³/mol. The van der Waals surface area contributed by atoms with Gasteiger partial charge in [-0.1, -0.05) is 23.7 Å². The zero-order chi connectivity index (χ0) is 19.0. The van der Waals surface area contributed by atoms with Crippen LogP contribution in [0.15, 0.2) is 54.9 Å². The maximum absolute atomic E-state index is 13.1. The van der Waals surface area contributed by atoms with Crippen LogP contribution >= 0.6 is 22.9 Å². The Labute approximate surface area is 165 Å². The van der Waals surface area contributed by atoms with Gasteiger partial charge in [0.1, 0.15) is 11.8 Å². The SMILES string of the molecule is COc1cccc(C2C(=O)c3cccc[n+]3C(Cc3cnc(Cl)s3)N2O)c1. The smallest absolute Gasteiger partial charge is 0.252 e. The number of pyridine rings is 1. The van der Waals surface area contributed by atoms with Crippen LogP contribution in [0.5, 0.6) is 5.75 Å². The second-order valence-electron chi connectivity index (χ2n) is 6.18. The highest BCUT2D eigenvalue weighted by molar-refractivity contribution is 7.15. The van der Waals surface area contributed by atoms with Crippen molar-refractivity contribution < 1.29 is 19.3 Å². The van der Waals surface area contributed by atoms with E-state index in [1.807, 2.05) is 18.2 Å². The molecule has 6 nitrogen and oxygen atoms in total. The summed E-state index contributed by atoms with van der Waals surface area (Å²) in [4.78, 5) is 18.1. The van der Waals surface area contributed by atoms with Crippen molar-refractivity contribution >= 4 is 28.7 Å². The first-order valence-electron chi connectivity index (χ1n) is 8.34. The third kappa shape index (κ3) is 3.35. The first-order valence-corrected chi connectivity index (χ1v) is 9.53. The number of hydrogen-bond donors (Lipinski definition) is 1. The molecule has 3 heterocycles. The summed E-state index contributed by atoms with van der Waals surface area (Å²) in [5.41, 5.74) is 1.21. The van der Waals surface area contributed by atoms with Crippen molar-refractivity contribution in [3.8, 4) is 5.75 Å². The van der Waals surface area contributed by atoms with E-state index in [4.69, 9.17) is 16.3 Å². The molecule has 2 aromatic heterocycles. The van der Waals surface area contributed by atoms with Crippen LogP contribution in [0, 0.1) is 0 Å². The van der Waals surface area contributed by atoms with Gasteiger partial charge in [0.05, 0.1) is 13.5 Å². The molecular weight excluding hydrogens is 386 g/mol. The molecule has 0 aliphatic carbocycles. The number of ketones is 1. The molecule has 0 fully saturated rings. The number of carbonyl (C=O) groups is 1. The van der Waals surface area contributed by atoms with E-state index in [1.165, 1.54) is 11.3 Å². The number of hydrogen-bond acceptors (Lipinski definition) is 6. The molecule has 8 heteroatoms. The number of ether oxygens (including phenoxy) is 1. The van der Waals surface area contributed by atoms with E-state index in [9.17, 15) is 10.0 Å². The van der Waals surface area contributed by atoms with Gasteiger partial charge in [-0.3, -0.25) is 4.79 Å². The van der Waals surface area contributed by atoms with Gasteiger partial charge in [-0.25, -0.2) is 4.98 Å². The lowest BCUT2D eigenvalue weighted by Gasteiger charge is -2.33. The van der Waals surface area contributed by atoms with Crippen LogP contribution in [0.2, 0.25) is 4.47 Å². The normalized spacial score (nSPS) is 19.7. The number of halogens is 1. The highest BCUT2D eigenvalue weighted by Gasteiger charge is 2.46. The fourth-order valence-corrected chi connectivity index (χ4v) is 4.36. The summed E-state index contributed by atoms with van der Waals surface area (Å²) in [6, 6.07) is 11.8. The Morgan fingerprint density at radius 2 is 2.19 bits per heavy atom. The Morgan fingerprint density at radius 1 is 1.33 bits per heavy atom. The van der Waals surface area contributed by atoms with Gasteiger partial charge >= 0.3 is 0 Å². The third-order valence-electron chi connectivity index (χ3n) is 4.60. The molecule has 1 N–H and O–H groups in total.